The summed E-state index contributed by atoms with van der Waals surface area (Å²) in [5.74, 6) is 0.800. The Bertz CT molecular complexity index is 1170. The average Bonchev–Trinajstić information content (AvgIpc) is 3.20. The summed E-state index contributed by atoms with van der Waals surface area (Å²) in [7, 11) is 1.85. The van der Waals surface area contributed by atoms with Gasteiger partial charge in [-0.15, -0.1) is 0 Å². The predicted molar refractivity (Wildman–Crippen MR) is 128 cm³/mol. The fraction of sp³-hybridized carbons (Fsp3) is 0.259. The molecule has 5 nitrogen and oxygen atoms in total. The van der Waals surface area contributed by atoms with Gasteiger partial charge in [0.1, 0.15) is 12.4 Å². The van der Waals surface area contributed by atoms with Crippen LogP contribution in [0.2, 0.25) is 0 Å². The number of unbranched alkanes of at least 4 members (excludes halogenated alkanes) is 1. The number of aromatic nitrogens is 2. The van der Waals surface area contributed by atoms with Crippen LogP contribution in [0.25, 0.3) is 10.9 Å². The van der Waals surface area contributed by atoms with Gasteiger partial charge in [-0.25, -0.2) is 0 Å². The molecule has 32 heavy (non-hydrogen) atoms. The number of carbonyl (C=O) groups excluding carboxylic acids is 1. The Balaban J connectivity index is 1.50. The molecule has 0 aliphatic carbocycles. The molecule has 0 saturated heterocycles. The van der Waals surface area contributed by atoms with Gasteiger partial charge in [0.15, 0.2) is 5.69 Å². The second-order valence-electron chi connectivity index (χ2n) is 8.02. The number of ether oxygens (including phenoxy) is 1. The lowest BCUT2D eigenvalue weighted by Gasteiger charge is -2.15. The highest BCUT2D eigenvalue weighted by atomic mass is 16.5. The molecule has 0 saturated carbocycles. The number of carbonyl (C=O) groups is 1. The first-order valence-corrected chi connectivity index (χ1v) is 11.1. The molecule has 0 N–H and O–H groups in total. The zero-order valence-corrected chi connectivity index (χ0v) is 18.7. The summed E-state index contributed by atoms with van der Waals surface area (Å²) < 4.78 is 7.80. The van der Waals surface area contributed by atoms with Crippen molar-refractivity contribution >= 4 is 16.8 Å². The summed E-state index contributed by atoms with van der Waals surface area (Å²) in [4.78, 5) is 14.8. The standard InChI is InChI=1S/C27H29N3O2/c1-3-4-18-29(2)27(31)26-24-12-8-9-13-25(24)30(28-26)19-21-14-16-23(17-15-21)32-20-22-10-6-5-7-11-22/h5-17H,3-4,18-20H2,1-2H3. The van der Waals surface area contributed by atoms with Crippen molar-refractivity contribution in [3.8, 4) is 5.75 Å². The van der Waals surface area contributed by atoms with Gasteiger partial charge in [-0.05, 0) is 35.7 Å². The van der Waals surface area contributed by atoms with Crippen LogP contribution < -0.4 is 4.74 Å². The van der Waals surface area contributed by atoms with E-state index in [9.17, 15) is 4.79 Å². The van der Waals surface area contributed by atoms with Gasteiger partial charge in [-0.2, -0.15) is 5.10 Å². The molecule has 0 unspecified atom stereocenters. The van der Waals surface area contributed by atoms with Crippen molar-refractivity contribution in [1.29, 1.82) is 0 Å². The third-order valence-corrected chi connectivity index (χ3v) is 5.56. The Kier molecular flexibility index (Phi) is 6.85. The third-order valence-electron chi connectivity index (χ3n) is 5.56. The van der Waals surface area contributed by atoms with Crippen molar-refractivity contribution in [3.05, 3.63) is 95.7 Å². The molecular formula is C27H29N3O2. The van der Waals surface area contributed by atoms with E-state index >= 15 is 0 Å². The van der Waals surface area contributed by atoms with Crippen molar-refractivity contribution in [2.24, 2.45) is 0 Å². The van der Waals surface area contributed by atoms with E-state index in [1.807, 2.05) is 78.5 Å². The fourth-order valence-electron chi connectivity index (χ4n) is 3.69. The maximum atomic E-state index is 13.0. The lowest BCUT2D eigenvalue weighted by molar-refractivity contribution is 0.0788. The van der Waals surface area contributed by atoms with Crippen molar-refractivity contribution in [2.45, 2.75) is 32.9 Å². The summed E-state index contributed by atoms with van der Waals surface area (Å²) in [6.45, 7) is 3.99. The molecule has 0 radical (unpaired) electrons. The lowest BCUT2D eigenvalue weighted by Crippen LogP contribution is -2.28. The van der Waals surface area contributed by atoms with Crippen LogP contribution in [-0.2, 0) is 13.2 Å². The van der Waals surface area contributed by atoms with Gasteiger partial charge in [0.05, 0.1) is 12.1 Å². The van der Waals surface area contributed by atoms with Gasteiger partial charge in [-0.3, -0.25) is 9.48 Å². The highest BCUT2D eigenvalue weighted by molar-refractivity contribution is 6.04. The van der Waals surface area contributed by atoms with Crippen LogP contribution in [0.5, 0.6) is 5.75 Å². The molecule has 0 atom stereocenters. The summed E-state index contributed by atoms with van der Waals surface area (Å²) in [5.41, 5.74) is 3.72. The lowest BCUT2D eigenvalue weighted by atomic mass is 10.2. The van der Waals surface area contributed by atoms with Crippen LogP contribution in [-0.4, -0.2) is 34.2 Å². The van der Waals surface area contributed by atoms with Gasteiger partial charge in [-0.1, -0.05) is 74.0 Å². The van der Waals surface area contributed by atoms with E-state index in [0.717, 1.165) is 47.2 Å². The van der Waals surface area contributed by atoms with Crippen LogP contribution in [0.3, 0.4) is 0 Å². The van der Waals surface area contributed by atoms with Gasteiger partial charge in [0.25, 0.3) is 5.91 Å². The average molecular weight is 428 g/mol. The maximum absolute atomic E-state index is 13.0. The maximum Gasteiger partial charge on any atom is 0.274 e. The molecule has 3 aromatic carbocycles. The number of benzene rings is 3. The van der Waals surface area contributed by atoms with Crippen LogP contribution in [0.15, 0.2) is 78.9 Å². The minimum atomic E-state index is -0.0296. The van der Waals surface area contributed by atoms with Crippen molar-refractivity contribution in [2.75, 3.05) is 13.6 Å². The summed E-state index contributed by atoms with van der Waals surface area (Å²) in [6, 6.07) is 26.1. The number of fused-ring (bicyclic) bond motifs is 1. The zero-order chi connectivity index (χ0) is 22.3. The predicted octanol–water partition coefficient (Wildman–Crippen LogP) is 5.54. The first kappa shape index (κ1) is 21.6. The van der Waals surface area contributed by atoms with E-state index < -0.39 is 0 Å². The zero-order valence-electron chi connectivity index (χ0n) is 18.7. The fourth-order valence-corrected chi connectivity index (χ4v) is 3.69. The Hall–Kier alpha value is -3.60. The highest BCUT2D eigenvalue weighted by Crippen LogP contribution is 2.22. The largest absolute Gasteiger partial charge is 0.489 e. The van der Waals surface area contributed by atoms with Gasteiger partial charge in [0.2, 0.25) is 0 Å². The topological polar surface area (TPSA) is 47.4 Å². The van der Waals surface area contributed by atoms with E-state index in [2.05, 4.69) is 19.1 Å². The summed E-state index contributed by atoms with van der Waals surface area (Å²) >= 11 is 0. The smallest absolute Gasteiger partial charge is 0.274 e. The minimum absolute atomic E-state index is 0.0296. The summed E-state index contributed by atoms with van der Waals surface area (Å²) in [5, 5.41) is 5.60. The van der Waals surface area contributed by atoms with Crippen LogP contribution in [0.4, 0.5) is 0 Å². The molecular weight excluding hydrogens is 398 g/mol. The molecule has 0 fully saturated rings. The van der Waals surface area contributed by atoms with Crippen molar-refractivity contribution in [1.82, 2.24) is 14.7 Å². The first-order chi connectivity index (χ1) is 15.7. The Morgan fingerprint density at radius 3 is 2.41 bits per heavy atom. The molecule has 164 valence electrons. The minimum Gasteiger partial charge on any atom is -0.489 e. The monoisotopic (exact) mass is 427 g/mol. The van der Waals surface area contributed by atoms with Crippen LogP contribution in [0, 0.1) is 0 Å². The molecule has 4 aromatic rings. The number of nitrogens with zero attached hydrogens (tertiary/aromatic N) is 3. The summed E-state index contributed by atoms with van der Waals surface area (Å²) in [6.07, 6.45) is 2.04. The van der Waals surface area contributed by atoms with E-state index in [1.54, 1.807) is 4.90 Å². The molecule has 0 aliphatic rings. The van der Waals surface area contributed by atoms with Crippen LogP contribution >= 0.6 is 0 Å². The molecule has 4 rings (SSSR count). The highest BCUT2D eigenvalue weighted by Gasteiger charge is 2.20. The number of rotatable bonds is 9. The first-order valence-electron chi connectivity index (χ1n) is 11.1. The number of hydrogen-bond donors (Lipinski definition) is 0. The molecule has 0 spiro atoms. The molecule has 0 aliphatic heterocycles. The molecule has 1 amide bonds. The van der Waals surface area contributed by atoms with E-state index in [4.69, 9.17) is 9.84 Å². The molecule has 1 aromatic heterocycles. The Labute approximate surface area is 189 Å². The normalized spacial score (nSPS) is 10.9. The van der Waals surface area contributed by atoms with Gasteiger partial charge in [0, 0.05) is 19.0 Å². The Morgan fingerprint density at radius 2 is 1.66 bits per heavy atom. The number of amides is 1. The van der Waals surface area contributed by atoms with Gasteiger partial charge < -0.3 is 9.64 Å². The third kappa shape index (κ3) is 4.99. The van der Waals surface area contributed by atoms with Crippen molar-refractivity contribution < 1.29 is 9.53 Å². The molecule has 0 bridgehead atoms. The van der Waals surface area contributed by atoms with E-state index in [0.29, 0.717) is 18.8 Å². The van der Waals surface area contributed by atoms with E-state index in [1.165, 1.54) is 0 Å². The van der Waals surface area contributed by atoms with Crippen molar-refractivity contribution in [3.63, 3.8) is 0 Å². The Morgan fingerprint density at radius 1 is 0.938 bits per heavy atom. The second-order valence-corrected chi connectivity index (χ2v) is 8.02. The van der Waals surface area contributed by atoms with Gasteiger partial charge >= 0.3 is 0 Å². The SMILES string of the molecule is CCCCN(C)C(=O)c1nn(Cc2ccc(OCc3ccccc3)cc2)c2ccccc12. The number of para-hydroxylation sites is 1. The molecule has 1 heterocycles. The molecule has 5 heteroatoms. The number of hydrogen-bond acceptors (Lipinski definition) is 3. The van der Waals surface area contributed by atoms with E-state index in [-0.39, 0.29) is 5.91 Å². The second kappa shape index (κ2) is 10.1. The van der Waals surface area contributed by atoms with Crippen LogP contribution in [0.1, 0.15) is 41.4 Å². The quantitative estimate of drug-likeness (QED) is 0.353.